The molecule has 1 aliphatic heterocycles. The molecule has 0 aliphatic carbocycles. The highest BCUT2D eigenvalue weighted by Gasteiger charge is 2.44. The number of aliphatic carboxylic acids is 1. The number of carbonyl (C=O) groups is 1. The first kappa shape index (κ1) is 22.7. The maximum atomic E-state index is 12.3. The molecule has 0 spiro atoms. The lowest BCUT2D eigenvalue weighted by Crippen LogP contribution is -2.44. The number of hydrazine groups is 1. The molecule has 3 rings (SSSR count). The number of aromatic nitrogens is 3. The molecule has 168 valence electrons. The molecule has 2 N–H and O–H groups in total. The van der Waals surface area contributed by atoms with E-state index < -0.39 is 12.0 Å². The van der Waals surface area contributed by atoms with Gasteiger partial charge in [-0.25, -0.2) is 15.0 Å². The summed E-state index contributed by atoms with van der Waals surface area (Å²) in [5, 5.41) is 17.1. The Labute approximate surface area is 182 Å². The Morgan fingerprint density at radius 1 is 1.32 bits per heavy atom. The number of ether oxygens (including phenoxy) is 1. The number of nitrogens with zero attached hydrogens (tertiary/aromatic N) is 6. The van der Waals surface area contributed by atoms with Crippen molar-refractivity contribution in [1.29, 1.82) is 0 Å². The van der Waals surface area contributed by atoms with Gasteiger partial charge in [0, 0.05) is 32.9 Å². The highest BCUT2D eigenvalue weighted by atomic mass is 16.5. The van der Waals surface area contributed by atoms with Gasteiger partial charge in [-0.05, 0) is 38.5 Å². The number of hydrogen-bond acceptors (Lipinski definition) is 9. The first-order valence-electron chi connectivity index (χ1n) is 10.6. The van der Waals surface area contributed by atoms with Crippen LogP contribution in [0.2, 0.25) is 0 Å². The number of anilines is 4. The zero-order valence-corrected chi connectivity index (χ0v) is 18.8. The summed E-state index contributed by atoms with van der Waals surface area (Å²) in [4.78, 5) is 28.0. The van der Waals surface area contributed by atoms with Gasteiger partial charge in [0.2, 0.25) is 5.95 Å². The molecule has 0 radical (unpaired) electrons. The molecule has 0 saturated carbocycles. The normalized spacial score (nSPS) is 15.8. The van der Waals surface area contributed by atoms with Crippen LogP contribution in [0.25, 0.3) is 0 Å². The minimum atomic E-state index is -0.953. The summed E-state index contributed by atoms with van der Waals surface area (Å²) in [5.41, 5.74) is 2.16. The van der Waals surface area contributed by atoms with Crippen molar-refractivity contribution in [3.63, 3.8) is 0 Å². The van der Waals surface area contributed by atoms with Crippen LogP contribution in [-0.2, 0) is 9.53 Å². The SMILES string of the molecule is CCOCCN1c2c(Nc3cc(C)ccn3)nc(N(C)CC)nc2C(C(=O)O)N1CC. The van der Waals surface area contributed by atoms with Crippen LogP contribution in [0.1, 0.15) is 38.1 Å². The summed E-state index contributed by atoms with van der Waals surface area (Å²) in [6.07, 6.45) is 1.73. The van der Waals surface area contributed by atoms with Crippen molar-refractivity contribution in [2.75, 3.05) is 55.1 Å². The Bertz CT molecular complexity index is 924. The maximum Gasteiger partial charge on any atom is 0.329 e. The third-order valence-corrected chi connectivity index (χ3v) is 5.21. The van der Waals surface area contributed by atoms with Gasteiger partial charge in [0.25, 0.3) is 0 Å². The van der Waals surface area contributed by atoms with Crippen LogP contribution in [0, 0.1) is 6.92 Å². The van der Waals surface area contributed by atoms with E-state index in [1.165, 1.54) is 0 Å². The Hall–Kier alpha value is -2.98. The first-order valence-corrected chi connectivity index (χ1v) is 10.6. The number of pyridine rings is 1. The lowest BCUT2D eigenvalue weighted by molar-refractivity contribution is -0.143. The zero-order chi connectivity index (χ0) is 22.5. The molecule has 0 fully saturated rings. The molecule has 3 heterocycles. The van der Waals surface area contributed by atoms with E-state index in [-0.39, 0.29) is 0 Å². The van der Waals surface area contributed by atoms with E-state index in [1.54, 1.807) is 11.2 Å². The van der Waals surface area contributed by atoms with Crippen LogP contribution < -0.4 is 15.2 Å². The van der Waals surface area contributed by atoms with Gasteiger partial charge in [-0.3, -0.25) is 9.80 Å². The number of rotatable bonds is 10. The van der Waals surface area contributed by atoms with Crippen LogP contribution in [0.15, 0.2) is 18.3 Å². The minimum Gasteiger partial charge on any atom is -0.480 e. The van der Waals surface area contributed by atoms with Gasteiger partial charge in [0.05, 0.1) is 13.2 Å². The molecule has 1 atom stereocenters. The highest BCUT2D eigenvalue weighted by molar-refractivity contribution is 5.85. The van der Waals surface area contributed by atoms with Gasteiger partial charge >= 0.3 is 5.97 Å². The van der Waals surface area contributed by atoms with Crippen molar-refractivity contribution in [2.24, 2.45) is 0 Å². The fourth-order valence-electron chi connectivity index (χ4n) is 3.57. The van der Waals surface area contributed by atoms with Gasteiger partial charge in [-0.2, -0.15) is 4.98 Å². The minimum absolute atomic E-state index is 0.456. The largest absolute Gasteiger partial charge is 0.480 e. The van der Waals surface area contributed by atoms with Crippen LogP contribution in [0.3, 0.4) is 0 Å². The topological polar surface area (TPSA) is 107 Å². The zero-order valence-electron chi connectivity index (χ0n) is 18.8. The number of carboxylic acid groups (broad SMARTS) is 1. The number of carboxylic acids is 1. The molecule has 0 saturated heterocycles. The lowest BCUT2D eigenvalue weighted by Gasteiger charge is -2.31. The number of aryl methyl sites for hydroxylation is 1. The van der Waals surface area contributed by atoms with Crippen molar-refractivity contribution < 1.29 is 14.6 Å². The average molecular weight is 430 g/mol. The monoisotopic (exact) mass is 429 g/mol. The summed E-state index contributed by atoms with van der Waals surface area (Å²) in [5.74, 6) is 0.672. The predicted octanol–water partition coefficient (Wildman–Crippen LogP) is 2.60. The van der Waals surface area contributed by atoms with Gasteiger partial charge in [-0.1, -0.05) is 6.92 Å². The Morgan fingerprint density at radius 3 is 2.71 bits per heavy atom. The number of hydrogen-bond donors (Lipinski definition) is 2. The molecule has 10 nitrogen and oxygen atoms in total. The van der Waals surface area contributed by atoms with Gasteiger partial charge in [-0.15, -0.1) is 0 Å². The summed E-state index contributed by atoms with van der Waals surface area (Å²) in [6.45, 7) is 10.6. The van der Waals surface area contributed by atoms with Crippen molar-refractivity contribution in [1.82, 2.24) is 20.0 Å². The van der Waals surface area contributed by atoms with E-state index in [0.29, 0.717) is 61.8 Å². The summed E-state index contributed by atoms with van der Waals surface area (Å²) in [6, 6.07) is 2.93. The van der Waals surface area contributed by atoms with Crippen molar-refractivity contribution >= 4 is 29.2 Å². The van der Waals surface area contributed by atoms with Crippen LogP contribution in [0.5, 0.6) is 0 Å². The second-order valence-electron chi connectivity index (χ2n) is 7.28. The van der Waals surface area contributed by atoms with E-state index in [4.69, 9.17) is 9.72 Å². The van der Waals surface area contributed by atoms with Gasteiger partial charge in [0.15, 0.2) is 11.9 Å². The third kappa shape index (κ3) is 4.70. The molecule has 0 bridgehead atoms. The molecule has 31 heavy (non-hydrogen) atoms. The molecule has 10 heteroatoms. The van der Waals surface area contributed by atoms with Gasteiger partial charge in [0.1, 0.15) is 17.2 Å². The van der Waals surface area contributed by atoms with Crippen molar-refractivity contribution in [2.45, 2.75) is 33.7 Å². The Kier molecular flexibility index (Phi) is 7.24. The Balaban J connectivity index is 2.16. The van der Waals surface area contributed by atoms with Crippen LogP contribution in [0.4, 0.5) is 23.3 Å². The van der Waals surface area contributed by atoms with Gasteiger partial charge < -0.3 is 20.1 Å². The maximum absolute atomic E-state index is 12.3. The van der Waals surface area contributed by atoms with Crippen molar-refractivity contribution in [3.05, 3.63) is 29.6 Å². The standard InChI is InChI=1S/C21H31N7O3/c1-6-26(5)21-24-16-17(19(25-21)23-15-13-14(4)9-10-22-15)28(11-12-31-8-3)27(7-2)18(16)20(29)30/h9-10,13,18H,6-8,11-12H2,1-5H3,(H,29,30)(H,22,23,24,25). The highest BCUT2D eigenvalue weighted by Crippen LogP contribution is 2.44. The second kappa shape index (κ2) is 9.88. The molecule has 2 aromatic rings. The first-order chi connectivity index (χ1) is 14.9. The van der Waals surface area contributed by atoms with E-state index in [9.17, 15) is 9.90 Å². The quantitative estimate of drug-likeness (QED) is 0.547. The number of likely N-dealkylation sites (N-methyl/N-ethyl adjacent to an activating group) is 1. The smallest absolute Gasteiger partial charge is 0.329 e. The fourth-order valence-corrected chi connectivity index (χ4v) is 3.57. The van der Waals surface area contributed by atoms with Crippen LogP contribution in [-0.4, -0.2) is 70.9 Å². The molecular formula is C21H31N7O3. The Morgan fingerprint density at radius 2 is 2.10 bits per heavy atom. The fraction of sp³-hybridized carbons (Fsp3) is 0.524. The van der Waals surface area contributed by atoms with E-state index in [2.05, 4.69) is 15.3 Å². The summed E-state index contributed by atoms with van der Waals surface area (Å²) < 4.78 is 5.55. The average Bonchev–Trinajstić information content (AvgIpc) is 3.07. The second-order valence-corrected chi connectivity index (χ2v) is 7.28. The number of fused-ring (bicyclic) bond motifs is 1. The van der Waals surface area contributed by atoms with Crippen molar-refractivity contribution in [3.8, 4) is 0 Å². The lowest BCUT2D eigenvalue weighted by atomic mass is 10.2. The van der Waals surface area contributed by atoms with E-state index in [0.717, 1.165) is 5.56 Å². The molecule has 0 amide bonds. The summed E-state index contributed by atoms with van der Waals surface area (Å²) >= 11 is 0. The summed E-state index contributed by atoms with van der Waals surface area (Å²) in [7, 11) is 1.88. The molecule has 0 aromatic carbocycles. The molecule has 1 unspecified atom stereocenters. The third-order valence-electron chi connectivity index (χ3n) is 5.21. The predicted molar refractivity (Wildman–Crippen MR) is 120 cm³/mol. The molecular weight excluding hydrogens is 398 g/mol. The molecule has 1 aliphatic rings. The number of nitrogens with one attached hydrogen (secondary N) is 1. The molecule has 2 aromatic heterocycles. The van der Waals surface area contributed by atoms with Crippen LogP contribution >= 0.6 is 0 Å². The van der Waals surface area contributed by atoms with E-state index >= 15 is 0 Å². The van der Waals surface area contributed by atoms with E-state index in [1.807, 2.05) is 56.8 Å².